The fraction of sp³-hybridized carbons (Fsp3) is 0.556. The third kappa shape index (κ3) is 3.63. The van der Waals surface area contributed by atoms with Crippen molar-refractivity contribution < 1.29 is 0 Å². The summed E-state index contributed by atoms with van der Waals surface area (Å²) in [7, 11) is 0. The Morgan fingerprint density at radius 1 is 1.40 bits per heavy atom. The van der Waals surface area contributed by atoms with Gasteiger partial charge in [0.2, 0.25) is 0 Å². The van der Waals surface area contributed by atoms with Gasteiger partial charge in [0.05, 0.1) is 0 Å². The molecule has 0 saturated heterocycles. The molecule has 3 N–H and O–H groups in total. The number of allylic oxidation sites excluding steroid dienone is 1. The second-order valence-corrected chi connectivity index (χ2v) is 6.35. The first-order valence-corrected chi connectivity index (χ1v) is 7.79. The van der Waals surface area contributed by atoms with Gasteiger partial charge >= 0.3 is 0 Å². The molecule has 2 atom stereocenters. The average Bonchev–Trinajstić information content (AvgIpc) is 2.81. The molecule has 0 amide bonds. The minimum Gasteiger partial charge on any atom is -0.387 e. The molecule has 0 spiro atoms. The lowest BCUT2D eigenvalue weighted by Crippen LogP contribution is -2.51. The van der Waals surface area contributed by atoms with Crippen molar-refractivity contribution in [3.05, 3.63) is 47.7 Å². The second kappa shape index (κ2) is 6.45. The van der Waals surface area contributed by atoms with Gasteiger partial charge in [0, 0.05) is 24.2 Å². The van der Waals surface area contributed by atoms with Gasteiger partial charge in [-0.05, 0) is 31.2 Å². The Hall–Kier alpha value is -1.28. The zero-order valence-electron chi connectivity index (χ0n) is 12.9. The van der Waals surface area contributed by atoms with Gasteiger partial charge in [-0.3, -0.25) is 0 Å². The molecule has 1 aliphatic carbocycles. The van der Waals surface area contributed by atoms with Crippen LogP contribution >= 0.6 is 0 Å². The highest BCUT2D eigenvalue weighted by atomic mass is 15.0. The Labute approximate surface area is 123 Å². The first-order valence-electron chi connectivity index (χ1n) is 7.79. The third-order valence-corrected chi connectivity index (χ3v) is 4.71. The quantitative estimate of drug-likeness (QED) is 0.831. The summed E-state index contributed by atoms with van der Waals surface area (Å²) >= 11 is 0. The van der Waals surface area contributed by atoms with Crippen LogP contribution in [0.25, 0.3) is 0 Å². The molecule has 1 aliphatic rings. The minimum absolute atomic E-state index is 0.0367. The van der Waals surface area contributed by atoms with Crippen LogP contribution in [-0.4, -0.2) is 12.1 Å². The van der Waals surface area contributed by atoms with Gasteiger partial charge in [0.15, 0.2) is 0 Å². The highest BCUT2D eigenvalue weighted by Gasteiger charge is 2.37. The second-order valence-electron chi connectivity index (χ2n) is 6.35. The largest absolute Gasteiger partial charge is 0.387 e. The van der Waals surface area contributed by atoms with E-state index in [4.69, 9.17) is 5.73 Å². The standard InChI is InChI=1S/C18H28N2/c1-4-17-6-5-11-18(17,19)13-20-15(3)12-16-9-7-14(2)8-10-16/h7-10,17,20H,3-6,11-13,19H2,1-2H3. The first kappa shape index (κ1) is 15.1. The molecule has 1 aromatic carbocycles. The van der Waals surface area contributed by atoms with Crippen LogP contribution in [0.15, 0.2) is 36.5 Å². The van der Waals surface area contributed by atoms with E-state index in [1.165, 1.54) is 30.4 Å². The molecule has 110 valence electrons. The van der Waals surface area contributed by atoms with Crippen molar-refractivity contribution in [3.63, 3.8) is 0 Å². The van der Waals surface area contributed by atoms with E-state index < -0.39 is 0 Å². The molecule has 1 fully saturated rings. The molecular weight excluding hydrogens is 244 g/mol. The van der Waals surface area contributed by atoms with Gasteiger partial charge in [-0.15, -0.1) is 0 Å². The molecule has 0 radical (unpaired) electrons. The maximum atomic E-state index is 6.57. The van der Waals surface area contributed by atoms with Crippen LogP contribution < -0.4 is 11.1 Å². The van der Waals surface area contributed by atoms with E-state index in [1.54, 1.807) is 0 Å². The minimum atomic E-state index is -0.0367. The van der Waals surface area contributed by atoms with Crippen molar-refractivity contribution >= 4 is 0 Å². The predicted octanol–water partition coefficient (Wildman–Crippen LogP) is 3.55. The van der Waals surface area contributed by atoms with E-state index in [2.05, 4.69) is 50.0 Å². The van der Waals surface area contributed by atoms with Crippen molar-refractivity contribution in [2.75, 3.05) is 6.54 Å². The smallest absolute Gasteiger partial charge is 0.0358 e. The molecule has 20 heavy (non-hydrogen) atoms. The van der Waals surface area contributed by atoms with Gasteiger partial charge in [0.25, 0.3) is 0 Å². The summed E-state index contributed by atoms with van der Waals surface area (Å²) in [6.45, 7) is 9.37. The van der Waals surface area contributed by atoms with E-state index >= 15 is 0 Å². The maximum absolute atomic E-state index is 6.57. The fourth-order valence-electron chi connectivity index (χ4n) is 3.32. The van der Waals surface area contributed by atoms with Crippen molar-refractivity contribution in [2.45, 2.75) is 51.5 Å². The van der Waals surface area contributed by atoms with E-state index in [0.29, 0.717) is 5.92 Å². The van der Waals surface area contributed by atoms with E-state index in [1.807, 2.05) is 0 Å². The molecule has 0 aromatic heterocycles. The summed E-state index contributed by atoms with van der Waals surface area (Å²) < 4.78 is 0. The van der Waals surface area contributed by atoms with Crippen molar-refractivity contribution in [1.82, 2.24) is 5.32 Å². The van der Waals surface area contributed by atoms with Crippen LogP contribution in [0.4, 0.5) is 0 Å². The zero-order chi connectivity index (χ0) is 14.6. The monoisotopic (exact) mass is 272 g/mol. The van der Waals surface area contributed by atoms with Crippen LogP contribution in [-0.2, 0) is 6.42 Å². The van der Waals surface area contributed by atoms with Gasteiger partial charge in [-0.1, -0.05) is 56.2 Å². The predicted molar refractivity (Wildman–Crippen MR) is 86.6 cm³/mol. The van der Waals surface area contributed by atoms with E-state index in [9.17, 15) is 0 Å². The van der Waals surface area contributed by atoms with Gasteiger partial charge in [-0.25, -0.2) is 0 Å². The van der Waals surface area contributed by atoms with Crippen molar-refractivity contribution in [3.8, 4) is 0 Å². The molecule has 1 aromatic rings. The molecule has 2 nitrogen and oxygen atoms in total. The van der Waals surface area contributed by atoms with Crippen molar-refractivity contribution in [2.24, 2.45) is 11.7 Å². The highest BCUT2D eigenvalue weighted by Crippen LogP contribution is 2.35. The van der Waals surface area contributed by atoms with Crippen LogP contribution in [0.1, 0.15) is 43.7 Å². The SMILES string of the molecule is C=C(Cc1ccc(C)cc1)NCC1(N)CCCC1CC. The number of nitrogens with one attached hydrogen (secondary N) is 1. The summed E-state index contributed by atoms with van der Waals surface area (Å²) in [5, 5.41) is 3.47. The van der Waals surface area contributed by atoms with Gasteiger partial charge in [-0.2, -0.15) is 0 Å². The molecule has 1 saturated carbocycles. The lowest BCUT2D eigenvalue weighted by atomic mass is 9.86. The summed E-state index contributed by atoms with van der Waals surface area (Å²) in [6, 6.07) is 8.64. The third-order valence-electron chi connectivity index (χ3n) is 4.71. The molecule has 0 heterocycles. The number of hydrogen-bond acceptors (Lipinski definition) is 2. The van der Waals surface area contributed by atoms with Gasteiger partial charge in [0.1, 0.15) is 0 Å². The molecule has 2 heteroatoms. The number of nitrogens with two attached hydrogens (primary N) is 1. The number of benzene rings is 1. The molecular formula is C18H28N2. The molecule has 2 rings (SSSR count). The summed E-state index contributed by atoms with van der Waals surface area (Å²) in [5.74, 6) is 0.655. The average molecular weight is 272 g/mol. The topological polar surface area (TPSA) is 38.0 Å². The number of aryl methyl sites for hydroxylation is 1. The lowest BCUT2D eigenvalue weighted by molar-refractivity contribution is 0.301. The summed E-state index contributed by atoms with van der Waals surface area (Å²) in [5.41, 5.74) is 10.2. The van der Waals surface area contributed by atoms with Crippen LogP contribution in [0.5, 0.6) is 0 Å². The lowest BCUT2D eigenvalue weighted by Gasteiger charge is -2.32. The Morgan fingerprint density at radius 2 is 2.10 bits per heavy atom. The van der Waals surface area contributed by atoms with E-state index in [0.717, 1.165) is 25.1 Å². The fourth-order valence-corrected chi connectivity index (χ4v) is 3.32. The van der Waals surface area contributed by atoms with Crippen molar-refractivity contribution in [1.29, 1.82) is 0 Å². The highest BCUT2D eigenvalue weighted by molar-refractivity contribution is 5.24. The zero-order valence-corrected chi connectivity index (χ0v) is 12.9. The maximum Gasteiger partial charge on any atom is 0.0358 e. The summed E-state index contributed by atoms with van der Waals surface area (Å²) in [4.78, 5) is 0. The van der Waals surface area contributed by atoms with Gasteiger partial charge < -0.3 is 11.1 Å². The Morgan fingerprint density at radius 3 is 2.75 bits per heavy atom. The van der Waals surface area contributed by atoms with Crippen LogP contribution in [0.3, 0.4) is 0 Å². The Bertz CT molecular complexity index is 449. The van der Waals surface area contributed by atoms with Crippen LogP contribution in [0.2, 0.25) is 0 Å². The molecule has 0 aliphatic heterocycles. The molecule has 2 unspecified atom stereocenters. The first-order chi connectivity index (χ1) is 9.53. The van der Waals surface area contributed by atoms with Crippen LogP contribution in [0, 0.1) is 12.8 Å². The van der Waals surface area contributed by atoms with E-state index in [-0.39, 0.29) is 5.54 Å². The Kier molecular flexibility index (Phi) is 4.87. The number of rotatable bonds is 6. The molecule has 0 bridgehead atoms. The normalized spacial score (nSPS) is 25.6. The number of hydrogen-bond donors (Lipinski definition) is 2. The summed E-state index contributed by atoms with van der Waals surface area (Å²) in [6.07, 6.45) is 5.74. The Balaban J connectivity index is 1.84.